The Kier molecular flexibility index (Phi) is 6.51. The van der Waals surface area contributed by atoms with Gasteiger partial charge in [0.25, 0.3) is 0 Å². The lowest BCUT2D eigenvalue weighted by Gasteiger charge is -2.29. The van der Waals surface area contributed by atoms with E-state index in [0.29, 0.717) is 13.0 Å². The highest BCUT2D eigenvalue weighted by atomic mass is 16.6. The molecular formula is C19H27N3O2. The molecule has 0 bridgehead atoms. The van der Waals surface area contributed by atoms with Gasteiger partial charge in [-0.05, 0) is 39.0 Å². The van der Waals surface area contributed by atoms with E-state index in [9.17, 15) is 4.79 Å². The lowest BCUT2D eigenvalue weighted by Crippen LogP contribution is -2.43. The summed E-state index contributed by atoms with van der Waals surface area (Å²) in [7, 11) is 0. The second kappa shape index (κ2) is 8.60. The van der Waals surface area contributed by atoms with Crippen molar-refractivity contribution < 1.29 is 9.53 Å². The minimum atomic E-state index is -0.472. The van der Waals surface area contributed by atoms with E-state index in [1.54, 1.807) is 0 Å². The molecule has 1 aromatic carbocycles. The van der Waals surface area contributed by atoms with Gasteiger partial charge in [-0.2, -0.15) is 0 Å². The minimum Gasteiger partial charge on any atom is -0.444 e. The first-order valence-corrected chi connectivity index (χ1v) is 8.45. The smallest absolute Gasteiger partial charge is 0.407 e. The van der Waals surface area contributed by atoms with Crippen LogP contribution in [0.25, 0.3) is 0 Å². The van der Waals surface area contributed by atoms with Gasteiger partial charge in [0.05, 0.1) is 0 Å². The van der Waals surface area contributed by atoms with Crippen LogP contribution in [0.4, 0.5) is 10.5 Å². The first-order chi connectivity index (χ1) is 11.4. The number of nitrogens with zero attached hydrogens (tertiary/aromatic N) is 1. The lowest BCUT2D eigenvalue weighted by molar-refractivity contribution is 0.0529. The highest BCUT2D eigenvalue weighted by molar-refractivity contribution is 5.67. The van der Waals surface area contributed by atoms with Crippen LogP contribution in [0.1, 0.15) is 32.8 Å². The van der Waals surface area contributed by atoms with Gasteiger partial charge in [0.2, 0.25) is 0 Å². The monoisotopic (exact) mass is 329 g/mol. The van der Waals surface area contributed by atoms with Gasteiger partial charge in [-0.15, -0.1) is 0 Å². The van der Waals surface area contributed by atoms with Gasteiger partial charge in [0.1, 0.15) is 5.60 Å². The van der Waals surface area contributed by atoms with E-state index in [4.69, 9.17) is 4.74 Å². The SMILES string of the molecule is CC(C)(C)OC(=O)NCCC#Cc1cccc(N2CCNCC2)c1. The van der Waals surface area contributed by atoms with Crippen LogP contribution in [-0.2, 0) is 4.74 Å². The molecule has 0 unspecified atom stereocenters. The summed E-state index contributed by atoms with van der Waals surface area (Å²) in [6, 6.07) is 8.31. The maximum Gasteiger partial charge on any atom is 0.407 e. The molecular weight excluding hydrogens is 302 g/mol. The van der Waals surface area contributed by atoms with Crippen molar-refractivity contribution in [3.8, 4) is 11.8 Å². The van der Waals surface area contributed by atoms with Crippen molar-refractivity contribution in [2.75, 3.05) is 37.6 Å². The summed E-state index contributed by atoms with van der Waals surface area (Å²) in [5, 5.41) is 6.07. The molecule has 0 spiro atoms. The molecule has 2 N–H and O–H groups in total. The standard InChI is InChI=1S/C19H27N3O2/c1-19(2,3)24-18(23)21-10-5-4-7-16-8-6-9-17(15-16)22-13-11-20-12-14-22/h6,8-9,15,20H,5,10-14H2,1-3H3,(H,21,23). The van der Waals surface area contributed by atoms with Crippen LogP contribution in [0.5, 0.6) is 0 Å². The van der Waals surface area contributed by atoms with Crippen LogP contribution in [0, 0.1) is 11.8 Å². The number of piperazine rings is 1. The Morgan fingerprint density at radius 2 is 2.08 bits per heavy atom. The summed E-state index contributed by atoms with van der Waals surface area (Å²) in [5.41, 5.74) is 1.75. The molecule has 0 saturated carbocycles. The fraction of sp³-hybridized carbons (Fsp3) is 0.526. The van der Waals surface area contributed by atoms with Crippen molar-refractivity contribution in [1.29, 1.82) is 0 Å². The number of ether oxygens (including phenoxy) is 1. The summed E-state index contributed by atoms with van der Waals surface area (Å²) in [6.45, 7) is 10.1. The minimum absolute atomic E-state index is 0.398. The molecule has 2 rings (SSSR count). The number of benzene rings is 1. The number of nitrogens with one attached hydrogen (secondary N) is 2. The maximum atomic E-state index is 11.5. The van der Waals surface area contributed by atoms with Crippen LogP contribution >= 0.6 is 0 Å². The Bertz CT molecular complexity index is 605. The number of carbonyl (C=O) groups excluding carboxylic acids is 1. The van der Waals surface area contributed by atoms with Crippen molar-refractivity contribution in [2.45, 2.75) is 32.8 Å². The zero-order valence-corrected chi connectivity index (χ0v) is 14.8. The topological polar surface area (TPSA) is 53.6 Å². The van der Waals surface area contributed by atoms with Crippen molar-refractivity contribution in [2.24, 2.45) is 0 Å². The Morgan fingerprint density at radius 1 is 1.33 bits per heavy atom. The predicted octanol–water partition coefficient (Wildman–Crippen LogP) is 2.36. The van der Waals surface area contributed by atoms with Crippen LogP contribution in [0.3, 0.4) is 0 Å². The van der Waals surface area contributed by atoms with Gasteiger partial charge in [0.15, 0.2) is 0 Å². The number of hydrogen-bond donors (Lipinski definition) is 2. The largest absolute Gasteiger partial charge is 0.444 e. The molecule has 1 heterocycles. The normalized spacial score (nSPS) is 14.5. The second-order valence-electron chi connectivity index (χ2n) is 6.77. The molecule has 1 aliphatic heterocycles. The molecule has 1 fully saturated rings. The highest BCUT2D eigenvalue weighted by Gasteiger charge is 2.15. The molecule has 0 aromatic heterocycles. The first kappa shape index (κ1) is 18.2. The van der Waals surface area contributed by atoms with Gasteiger partial charge in [-0.3, -0.25) is 0 Å². The Hall–Kier alpha value is -2.19. The molecule has 0 radical (unpaired) electrons. The van der Waals surface area contributed by atoms with E-state index in [2.05, 4.69) is 39.5 Å². The summed E-state index contributed by atoms with van der Waals surface area (Å²) in [5.74, 6) is 6.26. The van der Waals surface area contributed by atoms with Gasteiger partial charge >= 0.3 is 6.09 Å². The molecule has 24 heavy (non-hydrogen) atoms. The van der Waals surface area contributed by atoms with Gasteiger partial charge in [-0.1, -0.05) is 17.9 Å². The third kappa shape index (κ3) is 6.51. The summed E-state index contributed by atoms with van der Waals surface area (Å²) >= 11 is 0. The zero-order valence-electron chi connectivity index (χ0n) is 14.8. The maximum absolute atomic E-state index is 11.5. The number of hydrogen-bond acceptors (Lipinski definition) is 4. The molecule has 5 heteroatoms. The highest BCUT2D eigenvalue weighted by Crippen LogP contribution is 2.16. The number of alkyl carbamates (subject to hydrolysis) is 1. The van der Waals surface area contributed by atoms with Gasteiger partial charge in [-0.25, -0.2) is 4.79 Å². The lowest BCUT2D eigenvalue weighted by atomic mass is 10.1. The predicted molar refractivity (Wildman–Crippen MR) is 97.3 cm³/mol. The molecule has 1 aliphatic rings. The van der Waals surface area contributed by atoms with Gasteiger partial charge < -0.3 is 20.3 Å². The molecule has 0 atom stereocenters. The molecule has 5 nitrogen and oxygen atoms in total. The Balaban J connectivity index is 1.80. The fourth-order valence-electron chi connectivity index (χ4n) is 2.41. The van der Waals surface area contributed by atoms with E-state index in [-0.39, 0.29) is 0 Å². The van der Waals surface area contributed by atoms with Crippen molar-refractivity contribution in [3.05, 3.63) is 29.8 Å². The van der Waals surface area contributed by atoms with Crippen molar-refractivity contribution in [3.63, 3.8) is 0 Å². The van der Waals surface area contributed by atoms with E-state index in [1.807, 2.05) is 32.9 Å². The summed E-state index contributed by atoms with van der Waals surface area (Å²) < 4.78 is 5.18. The Labute approximate surface area is 144 Å². The number of rotatable bonds is 3. The average molecular weight is 329 g/mol. The van der Waals surface area contributed by atoms with Crippen molar-refractivity contribution in [1.82, 2.24) is 10.6 Å². The molecule has 130 valence electrons. The van der Waals surface area contributed by atoms with Crippen LogP contribution in [0.2, 0.25) is 0 Å². The molecule has 1 saturated heterocycles. The second-order valence-corrected chi connectivity index (χ2v) is 6.77. The van der Waals surface area contributed by atoms with E-state index >= 15 is 0 Å². The van der Waals surface area contributed by atoms with Crippen LogP contribution in [0.15, 0.2) is 24.3 Å². The fourth-order valence-corrected chi connectivity index (χ4v) is 2.41. The Morgan fingerprint density at radius 3 is 2.79 bits per heavy atom. The summed E-state index contributed by atoms with van der Waals surface area (Å²) in [6.07, 6.45) is 0.196. The van der Waals surface area contributed by atoms with E-state index < -0.39 is 11.7 Å². The molecule has 1 aromatic rings. The first-order valence-electron chi connectivity index (χ1n) is 8.45. The van der Waals surface area contributed by atoms with Crippen molar-refractivity contribution >= 4 is 11.8 Å². The van der Waals surface area contributed by atoms with E-state index in [0.717, 1.165) is 31.7 Å². The summed E-state index contributed by atoms with van der Waals surface area (Å²) in [4.78, 5) is 13.9. The van der Waals surface area contributed by atoms with Gasteiger partial charge in [0, 0.05) is 50.4 Å². The molecule has 1 amide bonds. The average Bonchev–Trinajstić information content (AvgIpc) is 2.54. The molecule has 0 aliphatic carbocycles. The van der Waals surface area contributed by atoms with Crippen LogP contribution in [-0.4, -0.2) is 44.4 Å². The third-order valence-corrected chi connectivity index (χ3v) is 3.48. The zero-order chi connectivity index (χ0) is 17.4. The third-order valence-electron chi connectivity index (χ3n) is 3.48. The van der Waals surface area contributed by atoms with Crippen LogP contribution < -0.4 is 15.5 Å². The number of amides is 1. The number of carbonyl (C=O) groups is 1. The van der Waals surface area contributed by atoms with E-state index in [1.165, 1.54) is 5.69 Å². The quantitative estimate of drug-likeness (QED) is 0.660. The number of anilines is 1.